The molecule has 1 aromatic heterocycles. The highest BCUT2D eigenvalue weighted by Gasteiger charge is 2.18. The Morgan fingerprint density at radius 1 is 1.43 bits per heavy atom. The molecule has 2 rings (SSSR count). The van der Waals surface area contributed by atoms with Gasteiger partial charge in [-0.2, -0.15) is 11.3 Å². The van der Waals surface area contributed by atoms with E-state index in [9.17, 15) is 0 Å². The van der Waals surface area contributed by atoms with Gasteiger partial charge in [0.05, 0.1) is 0 Å². The highest BCUT2D eigenvalue weighted by molar-refractivity contribution is 7.07. The summed E-state index contributed by atoms with van der Waals surface area (Å²) in [5, 5.41) is 11.3. The smallest absolute Gasteiger partial charge is 0.191 e. The van der Waals surface area contributed by atoms with Crippen molar-refractivity contribution < 1.29 is 0 Å². The molecule has 1 aliphatic heterocycles. The molecule has 2 heterocycles. The molecule has 1 aromatic rings. The number of piperidine rings is 1. The molecule has 23 heavy (non-hydrogen) atoms. The van der Waals surface area contributed by atoms with Crippen molar-refractivity contribution in [2.24, 2.45) is 10.9 Å². The fourth-order valence-electron chi connectivity index (χ4n) is 3.08. The number of thiophene rings is 1. The Morgan fingerprint density at radius 3 is 3.00 bits per heavy atom. The molecule has 130 valence electrons. The van der Waals surface area contributed by atoms with Crippen LogP contribution in [-0.2, 0) is 0 Å². The molecule has 0 aliphatic carbocycles. The number of hydrogen-bond donors (Lipinski definition) is 2. The minimum Gasteiger partial charge on any atom is -0.357 e. The second kappa shape index (κ2) is 9.93. The van der Waals surface area contributed by atoms with E-state index in [0.29, 0.717) is 5.92 Å². The van der Waals surface area contributed by atoms with Crippen LogP contribution in [0, 0.1) is 5.92 Å². The van der Waals surface area contributed by atoms with E-state index in [4.69, 9.17) is 4.99 Å². The third kappa shape index (κ3) is 6.15. The molecule has 5 heteroatoms. The molecule has 4 nitrogen and oxygen atoms in total. The molecular formula is C18H32N4S. The van der Waals surface area contributed by atoms with E-state index in [1.165, 1.54) is 38.0 Å². The fraction of sp³-hybridized carbons (Fsp3) is 0.722. The molecule has 0 radical (unpaired) electrons. The van der Waals surface area contributed by atoms with Crippen LogP contribution in [0.15, 0.2) is 21.8 Å². The van der Waals surface area contributed by atoms with Crippen LogP contribution in [0.4, 0.5) is 0 Å². The Hall–Kier alpha value is -1.07. The van der Waals surface area contributed by atoms with Crippen molar-refractivity contribution in [2.75, 3.05) is 39.3 Å². The molecule has 1 saturated heterocycles. The van der Waals surface area contributed by atoms with E-state index in [0.717, 1.165) is 31.5 Å². The molecule has 2 N–H and O–H groups in total. The summed E-state index contributed by atoms with van der Waals surface area (Å²) in [6.07, 6.45) is 2.65. The Kier molecular flexibility index (Phi) is 7.89. The lowest BCUT2D eigenvalue weighted by Crippen LogP contribution is -2.44. The highest BCUT2D eigenvalue weighted by atomic mass is 32.1. The highest BCUT2D eigenvalue weighted by Crippen LogP contribution is 2.18. The maximum atomic E-state index is 4.78. The Balaban J connectivity index is 1.81. The van der Waals surface area contributed by atoms with E-state index >= 15 is 0 Å². The molecule has 1 aliphatic rings. The van der Waals surface area contributed by atoms with Crippen molar-refractivity contribution in [3.63, 3.8) is 0 Å². The average Bonchev–Trinajstić information content (AvgIpc) is 3.12. The first-order valence-electron chi connectivity index (χ1n) is 8.99. The zero-order valence-corrected chi connectivity index (χ0v) is 15.7. The lowest BCUT2D eigenvalue weighted by molar-refractivity contribution is 0.183. The zero-order chi connectivity index (χ0) is 16.5. The zero-order valence-electron chi connectivity index (χ0n) is 14.8. The number of guanidine groups is 1. The third-order valence-electron chi connectivity index (χ3n) is 4.59. The molecule has 0 amide bonds. The van der Waals surface area contributed by atoms with Crippen LogP contribution in [0.3, 0.4) is 0 Å². The summed E-state index contributed by atoms with van der Waals surface area (Å²) in [5.74, 6) is 2.17. The van der Waals surface area contributed by atoms with Gasteiger partial charge in [0, 0.05) is 32.1 Å². The Labute approximate surface area is 145 Å². The number of nitrogens with one attached hydrogen (secondary N) is 2. The van der Waals surface area contributed by atoms with Crippen LogP contribution in [0.2, 0.25) is 0 Å². The summed E-state index contributed by atoms with van der Waals surface area (Å²) in [4.78, 5) is 7.33. The summed E-state index contributed by atoms with van der Waals surface area (Å²) < 4.78 is 0. The van der Waals surface area contributed by atoms with Crippen LogP contribution in [0.5, 0.6) is 0 Å². The van der Waals surface area contributed by atoms with E-state index < -0.39 is 0 Å². The van der Waals surface area contributed by atoms with Gasteiger partial charge in [-0.3, -0.25) is 4.99 Å². The predicted octanol–water partition coefficient (Wildman–Crippen LogP) is 3.14. The fourth-order valence-corrected chi connectivity index (χ4v) is 3.86. The van der Waals surface area contributed by atoms with Gasteiger partial charge in [-0.25, -0.2) is 0 Å². The first-order valence-corrected chi connectivity index (χ1v) is 9.93. The van der Waals surface area contributed by atoms with Gasteiger partial charge in [-0.05, 0) is 61.2 Å². The molecule has 0 aromatic carbocycles. The summed E-state index contributed by atoms with van der Waals surface area (Å²) in [6.45, 7) is 13.0. The van der Waals surface area contributed by atoms with Crippen molar-refractivity contribution in [1.29, 1.82) is 0 Å². The summed E-state index contributed by atoms with van der Waals surface area (Å²) in [5.41, 5.74) is 1.39. The maximum Gasteiger partial charge on any atom is 0.191 e. The van der Waals surface area contributed by atoms with E-state index in [1.807, 2.05) is 0 Å². The van der Waals surface area contributed by atoms with Crippen molar-refractivity contribution in [2.45, 2.75) is 39.5 Å². The SMILES string of the molecule is CCNC(=NCC(C)c1ccsc1)NCC1CCCN(CC)C1. The van der Waals surface area contributed by atoms with Crippen molar-refractivity contribution >= 4 is 17.3 Å². The first kappa shape index (κ1) is 18.3. The van der Waals surface area contributed by atoms with Crippen molar-refractivity contribution in [3.05, 3.63) is 22.4 Å². The number of hydrogen-bond acceptors (Lipinski definition) is 3. The first-order chi connectivity index (χ1) is 11.2. The van der Waals surface area contributed by atoms with Gasteiger partial charge in [0.15, 0.2) is 5.96 Å². The lowest BCUT2D eigenvalue weighted by Gasteiger charge is -2.32. The van der Waals surface area contributed by atoms with E-state index in [-0.39, 0.29) is 0 Å². The van der Waals surface area contributed by atoms with E-state index in [1.54, 1.807) is 11.3 Å². The molecular weight excluding hydrogens is 304 g/mol. The van der Waals surface area contributed by atoms with Crippen LogP contribution in [0.1, 0.15) is 45.1 Å². The van der Waals surface area contributed by atoms with Crippen LogP contribution >= 0.6 is 11.3 Å². The monoisotopic (exact) mass is 336 g/mol. The number of rotatable bonds is 7. The predicted molar refractivity (Wildman–Crippen MR) is 102 cm³/mol. The minimum atomic E-state index is 0.474. The van der Waals surface area contributed by atoms with E-state index in [2.05, 4.69) is 53.1 Å². The average molecular weight is 337 g/mol. The third-order valence-corrected chi connectivity index (χ3v) is 5.29. The molecule has 2 unspecified atom stereocenters. The van der Waals surface area contributed by atoms with Crippen LogP contribution < -0.4 is 10.6 Å². The van der Waals surface area contributed by atoms with Gasteiger partial charge in [-0.1, -0.05) is 13.8 Å². The number of nitrogens with zero attached hydrogens (tertiary/aromatic N) is 2. The van der Waals surface area contributed by atoms with Gasteiger partial charge in [0.25, 0.3) is 0 Å². The van der Waals surface area contributed by atoms with Gasteiger partial charge < -0.3 is 15.5 Å². The Morgan fingerprint density at radius 2 is 2.30 bits per heavy atom. The van der Waals surface area contributed by atoms with Crippen molar-refractivity contribution in [1.82, 2.24) is 15.5 Å². The normalized spacial score (nSPS) is 21.2. The minimum absolute atomic E-state index is 0.474. The summed E-state index contributed by atoms with van der Waals surface area (Å²) >= 11 is 1.76. The van der Waals surface area contributed by atoms with Gasteiger partial charge in [0.1, 0.15) is 0 Å². The maximum absolute atomic E-state index is 4.78. The molecule has 0 bridgehead atoms. The van der Waals surface area contributed by atoms with Gasteiger partial charge in [0.2, 0.25) is 0 Å². The number of likely N-dealkylation sites (tertiary alicyclic amines) is 1. The summed E-state index contributed by atoms with van der Waals surface area (Å²) in [7, 11) is 0. The largest absolute Gasteiger partial charge is 0.357 e. The second-order valence-corrected chi connectivity index (χ2v) is 7.24. The standard InChI is InChI=1S/C18H32N4S/c1-4-19-18(20-11-15(3)17-8-10-23-14-17)21-12-16-7-6-9-22(5-2)13-16/h8,10,14-16H,4-7,9,11-13H2,1-3H3,(H2,19,20,21). The van der Waals surface area contributed by atoms with Crippen molar-refractivity contribution in [3.8, 4) is 0 Å². The molecule has 1 fully saturated rings. The topological polar surface area (TPSA) is 39.7 Å². The van der Waals surface area contributed by atoms with Gasteiger partial charge in [-0.15, -0.1) is 0 Å². The van der Waals surface area contributed by atoms with Gasteiger partial charge >= 0.3 is 0 Å². The molecule has 2 atom stereocenters. The Bertz CT molecular complexity index is 458. The molecule has 0 spiro atoms. The number of aliphatic imine (C=N–C) groups is 1. The molecule has 0 saturated carbocycles. The quantitative estimate of drug-likeness (QED) is 0.593. The lowest BCUT2D eigenvalue weighted by atomic mass is 9.98. The van der Waals surface area contributed by atoms with Crippen LogP contribution in [-0.4, -0.2) is 50.1 Å². The second-order valence-electron chi connectivity index (χ2n) is 6.46. The van der Waals surface area contributed by atoms with Crippen LogP contribution in [0.25, 0.3) is 0 Å². The summed E-state index contributed by atoms with van der Waals surface area (Å²) in [6, 6.07) is 2.20.